The Morgan fingerprint density at radius 1 is 1.22 bits per heavy atom. The predicted octanol–water partition coefficient (Wildman–Crippen LogP) is 4.18. The maximum absolute atomic E-state index is 13.4. The third-order valence-electron chi connectivity index (χ3n) is 3.32. The highest BCUT2D eigenvalue weighted by Gasteiger charge is 2.12. The van der Waals surface area contributed by atoms with Gasteiger partial charge in [-0.15, -0.1) is 0 Å². The Bertz CT molecular complexity index is 828. The molecular weight excluding hydrogens is 297 g/mol. The van der Waals surface area contributed by atoms with E-state index in [2.05, 4.69) is 4.98 Å². The van der Waals surface area contributed by atoms with E-state index in [1.54, 1.807) is 6.92 Å². The minimum atomic E-state index is -0.522. The number of aryl methyl sites for hydroxylation is 1. The van der Waals surface area contributed by atoms with Gasteiger partial charge in [0, 0.05) is 17.2 Å². The molecule has 0 N–H and O–H groups in total. The second-order valence-electron chi connectivity index (χ2n) is 5.01. The lowest BCUT2D eigenvalue weighted by Crippen LogP contribution is -1.99. The Morgan fingerprint density at radius 2 is 2.00 bits per heavy atom. The molecule has 0 aliphatic rings. The number of hydrogen-bond acceptors (Lipinski definition) is 4. The molecule has 1 aromatic heterocycles. The molecule has 0 saturated heterocycles. The van der Waals surface area contributed by atoms with Gasteiger partial charge in [0.25, 0.3) is 0 Å². The van der Waals surface area contributed by atoms with Crippen molar-refractivity contribution in [2.45, 2.75) is 13.5 Å². The van der Waals surface area contributed by atoms with Crippen LogP contribution in [-0.4, -0.2) is 11.3 Å². The van der Waals surface area contributed by atoms with Gasteiger partial charge in [-0.3, -0.25) is 4.79 Å². The number of hydrogen-bond donors (Lipinski definition) is 0. The number of carbonyl (C=O) groups is 1. The van der Waals surface area contributed by atoms with Crippen molar-refractivity contribution in [1.82, 2.24) is 4.98 Å². The second kappa shape index (κ2) is 6.44. The SMILES string of the molecule is Cc1oc(-c2ccccc2)nc1COc1cc(F)cc(C=O)c1. The van der Waals surface area contributed by atoms with Gasteiger partial charge >= 0.3 is 0 Å². The molecule has 3 aromatic rings. The molecule has 0 spiro atoms. The number of aromatic nitrogens is 1. The molecule has 0 amide bonds. The molecule has 1 heterocycles. The monoisotopic (exact) mass is 311 g/mol. The van der Waals surface area contributed by atoms with Crippen LogP contribution in [0.5, 0.6) is 5.75 Å². The zero-order valence-electron chi connectivity index (χ0n) is 12.5. The number of oxazole rings is 1. The zero-order valence-corrected chi connectivity index (χ0v) is 12.5. The van der Waals surface area contributed by atoms with Crippen molar-refractivity contribution in [3.05, 3.63) is 71.4 Å². The fourth-order valence-corrected chi connectivity index (χ4v) is 2.15. The highest BCUT2D eigenvalue weighted by Crippen LogP contribution is 2.23. The lowest BCUT2D eigenvalue weighted by atomic mass is 10.2. The number of halogens is 1. The largest absolute Gasteiger partial charge is 0.487 e. The third-order valence-corrected chi connectivity index (χ3v) is 3.32. The van der Waals surface area contributed by atoms with Crippen molar-refractivity contribution >= 4 is 6.29 Å². The summed E-state index contributed by atoms with van der Waals surface area (Å²) in [5, 5.41) is 0. The van der Waals surface area contributed by atoms with Crippen LogP contribution in [0.3, 0.4) is 0 Å². The topological polar surface area (TPSA) is 52.3 Å². The van der Waals surface area contributed by atoms with Gasteiger partial charge in [0.1, 0.15) is 35.9 Å². The number of benzene rings is 2. The number of ether oxygens (including phenoxy) is 1. The molecule has 2 aromatic carbocycles. The molecule has 3 rings (SSSR count). The highest BCUT2D eigenvalue weighted by atomic mass is 19.1. The predicted molar refractivity (Wildman–Crippen MR) is 82.8 cm³/mol. The van der Waals surface area contributed by atoms with Gasteiger partial charge in [-0.05, 0) is 31.2 Å². The third kappa shape index (κ3) is 3.45. The molecule has 0 aliphatic heterocycles. The number of aldehydes is 1. The molecule has 0 fully saturated rings. The Hall–Kier alpha value is -2.95. The van der Waals surface area contributed by atoms with E-state index in [4.69, 9.17) is 9.15 Å². The Kier molecular flexibility index (Phi) is 4.19. The standard InChI is InChI=1S/C18H14FNO3/c1-12-17(20-18(23-12)14-5-3-2-4-6-14)11-22-16-8-13(10-21)7-15(19)9-16/h2-10H,11H2,1H3. The van der Waals surface area contributed by atoms with E-state index in [1.807, 2.05) is 30.3 Å². The maximum atomic E-state index is 13.4. The van der Waals surface area contributed by atoms with E-state index in [9.17, 15) is 9.18 Å². The summed E-state index contributed by atoms with van der Waals surface area (Å²) in [5.41, 5.74) is 1.72. The quantitative estimate of drug-likeness (QED) is 0.663. The molecule has 0 atom stereocenters. The van der Waals surface area contributed by atoms with Crippen LogP contribution in [0.25, 0.3) is 11.5 Å². The molecule has 23 heavy (non-hydrogen) atoms. The van der Waals surface area contributed by atoms with Crippen molar-refractivity contribution in [3.63, 3.8) is 0 Å². The van der Waals surface area contributed by atoms with Crippen molar-refractivity contribution in [2.75, 3.05) is 0 Å². The average Bonchev–Trinajstić information content (AvgIpc) is 2.94. The lowest BCUT2D eigenvalue weighted by Gasteiger charge is -2.05. The minimum absolute atomic E-state index is 0.129. The van der Waals surface area contributed by atoms with E-state index in [0.29, 0.717) is 23.6 Å². The molecule has 5 heteroatoms. The molecule has 116 valence electrons. The van der Waals surface area contributed by atoms with Crippen LogP contribution in [0.2, 0.25) is 0 Å². The normalized spacial score (nSPS) is 10.5. The van der Waals surface area contributed by atoms with E-state index >= 15 is 0 Å². The van der Waals surface area contributed by atoms with E-state index in [-0.39, 0.29) is 17.9 Å². The number of rotatable bonds is 5. The van der Waals surface area contributed by atoms with E-state index in [0.717, 1.165) is 11.6 Å². The van der Waals surface area contributed by atoms with Crippen LogP contribution in [0.4, 0.5) is 4.39 Å². The summed E-state index contributed by atoms with van der Waals surface area (Å²) in [6, 6.07) is 13.4. The van der Waals surface area contributed by atoms with E-state index < -0.39 is 5.82 Å². The Labute approximate surface area is 132 Å². The molecule has 0 unspecified atom stereocenters. The summed E-state index contributed by atoms with van der Waals surface area (Å²) in [5.74, 6) is 0.896. The van der Waals surface area contributed by atoms with Crippen molar-refractivity contribution < 1.29 is 18.3 Å². The summed E-state index contributed by atoms with van der Waals surface area (Å²) in [6.07, 6.45) is 0.574. The van der Waals surface area contributed by atoms with Crippen LogP contribution in [0.15, 0.2) is 52.9 Å². The lowest BCUT2D eigenvalue weighted by molar-refractivity contribution is 0.112. The van der Waals surface area contributed by atoms with Crippen molar-refractivity contribution in [2.24, 2.45) is 0 Å². The second-order valence-corrected chi connectivity index (χ2v) is 5.01. The number of nitrogens with zero attached hydrogens (tertiary/aromatic N) is 1. The summed E-state index contributed by atoms with van der Waals surface area (Å²) in [6.45, 7) is 1.92. The Balaban J connectivity index is 1.78. The van der Waals surface area contributed by atoms with Crippen LogP contribution < -0.4 is 4.74 Å². The molecule has 0 saturated carbocycles. The van der Waals surface area contributed by atoms with Crippen LogP contribution in [0, 0.1) is 12.7 Å². The first-order valence-corrected chi connectivity index (χ1v) is 7.06. The minimum Gasteiger partial charge on any atom is -0.487 e. The van der Waals surface area contributed by atoms with Crippen LogP contribution >= 0.6 is 0 Å². The van der Waals surface area contributed by atoms with E-state index in [1.165, 1.54) is 12.1 Å². The molecule has 4 nitrogen and oxygen atoms in total. The Morgan fingerprint density at radius 3 is 2.74 bits per heavy atom. The fraction of sp³-hybridized carbons (Fsp3) is 0.111. The first-order chi connectivity index (χ1) is 11.2. The molecule has 0 aliphatic carbocycles. The summed E-state index contributed by atoms with van der Waals surface area (Å²) in [4.78, 5) is 15.2. The average molecular weight is 311 g/mol. The van der Waals surface area contributed by atoms with Gasteiger partial charge in [-0.1, -0.05) is 18.2 Å². The first kappa shape index (κ1) is 15.0. The van der Waals surface area contributed by atoms with Gasteiger partial charge in [-0.2, -0.15) is 0 Å². The fourth-order valence-electron chi connectivity index (χ4n) is 2.15. The summed E-state index contributed by atoms with van der Waals surface area (Å²) < 4.78 is 24.5. The molecule has 0 radical (unpaired) electrons. The van der Waals surface area contributed by atoms with Crippen molar-refractivity contribution in [1.29, 1.82) is 0 Å². The maximum Gasteiger partial charge on any atom is 0.226 e. The molecule has 0 bridgehead atoms. The van der Waals surface area contributed by atoms with Crippen molar-refractivity contribution in [3.8, 4) is 17.2 Å². The summed E-state index contributed by atoms with van der Waals surface area (Å²) >= 11 is 0. The first-order valence-electron chi connectivity index (χ1n) is 7.06. The highest BCUT2D eigenvalue weighted by molar-refractivity contribution is 5.75. The van der Waals surface area contributed by atoms with Gasteiger partial charge in [0.15, 0.2) is 0 Å². The summed E-state index contributed by atoms with van der Waals surface area (Å²) in [7, 11) is 0. The smallest absolute Gasteiger partial charge is 0.226 e. The number of carbonyl (C=O) groups excluding carboxylic acids is 1. The van der Waals surface area contributed by atoms with Gasteiger partial charge in [0.2, 0.25) is 5.89 Å². The van der Waals surface area contributed by atoms with Gasteiger partial charge in [-0.25, -0.2) is 9.37 Å². The zero-order chi connectivity index (χ0) is 16.2. The van der Waals surface area contributed by atoms with Gasteiger partial charge in [0.05, 0.1) is 0 Å². The van der Waals surface area contributed by atoms with Gasteiger partial charge < -0.3 is 9.15 Å². The van der Waals surface area contributed by atoms with Crippen LogP contribution in [0.1, 0.15) is 21.8 Å². The van der Waals surface area contributed by atoms with Crippen LogP contribution in [-0.2, 0) is 6.61 Å². The molecular formula is C18H14FNO3.